The van der Waals surface area contributed by atoms with Gasteiger partial charge in [0.1, 0.15) is 23.0 Å². The van der Waals surface area contributed by atoms with Crippen LogP contribution in [0.3, 0.4) is 0 Å². The number of anilines is 9. The Kier molecular flexibility index (Phi) is 11.4. The largest absolute Gasteiger partial charge is 0.497 e. The summed E-state index contributed by atoms with van der Waals surface area (Å²) in [6.07, 6.45) is 0. The van der Waals surface area contributed by atoms with Crippen LogP contribution >= 0.6 is 0 Å². The van der Waals surface area contributed by atoms with Crippen molar-refractivity contribution in [2.24, 2.45) is 0 Å². The van der Waals surface area contributed by atoms with Gasteiger partial charge in [-0.2, -0.15) is 0 Å². The fourth-order valence-corrected chi connectivity index (χ4v) is 7.20. The minimum Gasteiger partial charge on any atom is -0.497 e. The summed E-state index contributed by atoms with van der Waals surface area (Å²) >= 11 is 0. The Bertz CT molecular complexity index is 2310. The molecule has 0 N–H and O–H groups in total. The van der Waals surface area contributed by atoms with Crippen LogP contribution in [-0.2, 0) is 0 Å². The summed E-state index contributed by atoms with van der Waals surface area (Å²) in [6, 6.07) is 69.0. The first-order chi connectivity index (χ1) is 29.0. The molecule has 8 aromatic rings. The second kappa shape index (κ2) is 17.7. The van der Waals surface area contributed by atoms with E-state index in [9.17, 15) is 0 Å². The first-order valence-corrected chi connectivity index (χ1v) is 19.4. The molecule has 0 heterocycles. The number of ether oxygens (including phenoxy) is 4. The fourth-order valence-electron chi connectivity index (χ4n) is 7.20. The smallest absolute Gasteiger partial charge is 0.119 e. The highest BCUT2D eigenvalue weighted by molar-refractivity contribution is 5.84. The monoisotopic (exact) mass is 775 g/mol. The molecule has 292 valence electrons. The average Bonchev–Trinajstić information content (AvgIpc) is 3.31. The topological polar surface area (TPSA) is 46.6 Å². The number of methoxy groups -OCH3 is 4. The SMILES string of the molecule is COc1ccc(N(c2ccc(OC)cc2)c2ccc(N(c3ccc(-c4ccccc4)cc3)c3ccc(N(c4ccc(OC)cc4)c4ccc(OC)cc4)cc3)cc2)cc1. The van der Waals surface area contributed by atoms with Gasteiger partial charge in [0.05, 0.1) is 28.4 Å². The lowest BCUT2D eigenvalue weighted by atomic mass is 10.0. The molecule has 0 saturated carbocycles. The van der Waals surface area contributed by atoms with Crippen molar-refractivity contribution in [3.8, 4) is 34.1 Å². The maximum absolute atomic E-state index is 5.48. The van der Waals surface area contributed by atoms with Crippen molar-refractivity contribution >= 4 is 51.2 Å². The van der Waals surface area contributed by atoms with E-state index in [-0.39, 0.29) is 0 Å². The van der Waals surface area contributed by atoms with E-state index in [1.807, 2.05) is 54.6 Å². The highest BCUT2D eigenvalue weighted by Gasteiger charge is 2.19. The van der Waals surface area contributed by atoms with Gasteiger partial charge in [0.15, 0.2) is 0 Å². The summed E-state index contributed by atoms with van der Waals surface area (Å²) in [5.74, 6) is 3.20. The van der Waals surface area contributed by atoms with Crippen LogP contribution in [0.4, 0.5) is 51.2 Å². The summed E-state index contributed by atoms with van der Waals surface area (Å²) in [5.41, 5.74) is 11.4. The molecule has 0 saturated heterocycles. The Morgan fingerprint density at radius 1 is 0.220 bits per heavy atom. The normalized spacial score (nSPS) is 10.7. The first kappa shape index (κ1) is 38.2. The second-order valence-electron chi connectivity index (χ2n) is 13.7. The van der Waals surface area contributed by atoms with E-state index in [0.29, 0.717) is 0 Å². The molecular weight excluding hydrogens is 731 g/mol. The minimum atomic E-state index is 0.801. The molecule has 0 radical (unpaired) electrons. The van der Waals surface area contributed by atoms with Crippen molar-refractivity contribution in [2.75, 3.05) is 43.1 Å². The van der Waals surface area contributed by atoms with Gasteiger partial charge >= 0.3 is 0 Å². The molecule has 7 heteroatoms. The molecule has 0 atom stereocenters. The summed E-state index contributed by atoms with van der Waals surface area (Å²) in [7, 11) is 6.73. The van der Waals surface area contributed by atoms with Crippen molar-refractivity contribution < 1.29 is 18.9 Å². The number of nitrogens with zero attached hydrogens (tertiary/aromatic N) is 3. The maximum Gasteiger partial charge on any atom is 0.119 e. The zero-order valence-corrected chi connectivity index (χ0v) is 33.5. The molecule has 0 aliphatic carbocycles. The third kappa shape index (κ3) is 8.41. The van der Waals surface area contributed by atoms with Gasteiger partial charge in [0.25, 0.3) is 0 Å². The van der Waals surface area contributed by atoms with Crippen LogP contribution in [0.5, 0.6) is 23.0 Å². The number of hydrogen-bond donors (Lipinski definition) is 0. The highest BCUT2D eigenvalue weighted by atomic mass is 16.5. The molecule has 0 bridgehead atoms. The molecule has 8 aromatic carbocycles. The Morgan fingerprint density at radius 2 is 0.407 bits per heavy atom. The van der Waals surface area contributed by atoms with Crippen LogP contribution in [0.2, 0.25) is 0 Å². The van der Waals surface area contributed by atoms with Crippen molar-refractivity contribution in [3.63, 3.8) is 0 Å². The lowest BCUT2D eigenvalue weighted by molar-refractivity contribution is 0.414. The third-order valence-corrected chi connectivity index (χ3v) is 10.3. The highest BCUT2D eigenvalue weighted by Crippen LogP contribution is 2.42. The zero-order valence-electron chi connectivity index (χ0n) is 33.5. The van der Waals surface area contributed by atoms with Crippen LogP contribution in [0.25, 0.3) is 11.1 Å². The second-order valence-corrected chi connectivity index (χ2v) is 13.7. The summed E-state index contributed by atoms with van der Waals surface area (Å²) in [4.78, 5) is 6.74. The van der Waals surface area contributed by atoms with Gasteiger partial charge in [-0.05, 0) is 169 Å². The van der Waals surface area contributed by atoms with Crippen molar-refractivity contribution in [1.82, 2.24) is 0 Å². The zero-order chi connectivity index (χ0) is 40.6. The summed E-state index contributed by atoms with van der Waals surface area (Å²) in [5, 5.41) is 0. The van der Waals surface area contributed by atoms with Crippen LogP contribution in [0.15, 0.2) is 200 Å². The van der Waals surface area contributed by atoms with E-state index in [0.717, 1.165) is 79.7 Å². The van der Waals surface area contributed by atoms with E-state index >= 15 is 0 Å². The molecule has 59 heavy (non-hydrogen) atoms. The van der Waals surface area contributed by atoms with Gasteiger partial charge in [0, 0.05) is 51.2 Å². The Hall–Kier alpha value is -7.64. The molecule has 0 spiro atoms. The average molecular weight is 776 g/mol. The molecule has 7 nitrogen and oxygen atoms in total. The molecule has 0 aliphatic heterocycles. The van der Waals surface area contributed by atoms with Gasteiger partial charge in [-0.15, -0.1) is 0 Å². The summed E-state index contributed by atoms with van der Waals surface area (Å²) < 4.78 is 21.9. The lowest BCUT2D eigenvalue weighted by Gasteiger charge is -2.29. The predicted octanol–water partition coefficient (Wildman–Crippen LogP) is 13.8. The third-order valence-electron chi connectivity index (χ3n) is 10.3. The standard InChI is InChI=1S/C52H45N3O4/c1-56-49-30-22-45(23-31-49)54(46-24-32-50(57-2)33-25-46)43-18-14-41(15-19-43)53(40-12-10-39(11-13-40)38-8-6-5-7-9-38)42-16-20-44(21-17-42)55(47-26-34-51(58-3)35-27-47)48-28-36-52(59-4)37-29-48/h5-37H,1-4H3. The fraction of sp³-hybridized carbons (Fsp3) is 0.0769. The Labute approximate surface area is 346 Å². The van der Waals surface area contributed by atoms with E-state index in [2.05, 4.69) is 160 Å². The number of hydrogen-bond acceptors (Lipinski definition) is 7. The molecule has 8 rings (SSSR count). The van der Waals surface area contributed by atoms with Crippen molar-refractivity contribution in [1.29, 1.82) is 0 Å². The number of rotatable bonds is 14. The van der Waals surface area contributed by atoms with Crippen LogP contribution in [0, 0.1) is 0 Å². The van der Waals surface area contributed by atoms with Gasteiger partial charge < -0.3 is 33.6 Å². The van der Waals surface area contributed by atoms with E-state index in [4.69, 9.17) is 18.9 Å². The van der Waals surface area contributed by atoms with Crippen molar-refractivity contribution in [2.45, 2.75) is 0 Å². The van der Waals surface area contributed by atoms with Gasteiger partial charge in [-0.3, -0.25) is 0 Å². The van der Waals surface area contributed by atoms with Crippen LogP contribution in [0.1, 0.15) is 0 Å². The predicted molar refractivity (Wildman–Crippen MR) is 242 cm³/mol. The van der Waals surface area contributed by atoms with Gasteiger partial charge in [0.2, 0.25) is 0 Å². The maximum atomic E-state index is 5.48. The Balaban J connectivity index is 1.19. The number of benzene rings is 8. The quantitative estimate of drug-likeness (QED) is 0.109. The van der Waals surface area contributed by atoms with E-state index in [1.165, 1.54) is 5.56 Å². The molecule has 0 amide bonds. The van der Waals surface area contributed by atoms with Crippen molar-refractivity contribution in [3.05, 3.63) is 200 Å². The molecule has 0 fully saturated rings. The lowest BCUT2D eigenvalue weighted by Crippen LogP contribution is -2.13. The van der Waals surface area contributed by atoms with Crippen LogP contribution < -0.4 is 33.6 Å². The molecule has 0 unspecified atom stereocenters. The van der Waals surface area contributed by atoms with E-state index < -0.39 is 0 Å². The molecule has 0 aliphatic rings. The molecule has 0 aromatic heterocycles. The van der Waals surface area contributed by atoms with Gasteiger partial charge in [-0.1, -0.05) is 42.5 Å². The van der Waals surface area contributed by atoms with Crippen LogP contribution in [-0.4, -0.2) is 28.4 Å². The van der Waals surface area contributed by atoms with Gasteiger partial charge in [-0.25, -0.2) is 0 Å². The minimum absolute atomic E-state index is 0.801. The Morgan fingerprint density at radius 3 is 0.627 bits per heavy atom. The summed E-state index contributed by atoms with van der Waals surface area (Å²) in [6.45, 7) is 0. The van der Waals surface area contributed by atoms with E-state index in [1.54, 1.807) is 28.4 Å². The first-order valence-electron chi connectivity index (χ1n) is 19.4. The molecular formula is C52H45N3O4.